The van der Waals surface area contributed by atoms with Gasteiger partial charge in [0.2, 0.25) is 0 Å². The lowest BCUT2D eigenvalue weighted by Gasteiger charge is -2.24. The molecule has 1 aromatic carbocycles. The van der Waals surface area contributed by atoms with Gasteiger partial charge in [-0.1, -0.05) is 30.8 Å². The number of hydrogen-bond donors (Lipinski definition) is 3. The standard InChI is InChI=1S/C23H28N4O2/c1-14(2)27-11-19-9-23(19,13-27)18-6-4-16(5-7-18)17-8-20(21(24)25-10-17)22(29)26-15(3)12-28/h4-8,10,14,19,28H,3,9,11-13H2,1-2H3,(H2,24,25)(H,26,29)/t19-,23+/m0/s1. The van der Waals surface area contributed by atoms with E-state index in [1.165, 1.54) is 18.5 Å². The fourth-order valence-electron chi connectivity index (χ4n) is 4.44. The van der Waals surface area contributed by atoms with E-state index in [9.17, 15) is 4.79 Å². The zero-order valence-corrected chi connectivity index (χ0v) is 17.0. The first-order valence-corrected chi connectivity index (χ1v) is 10.0. The summed E-state index contributed by atoms with van der Waals surface area (Å²) >= 11 is 0. The summed E-state index contributed by atoms with van der Waals surface area (Å²) in [7, 11) is 0. The molecule has 4 rings (SSSR count). The Bertz CT molecular complexity index is 954. The number of aliphatic hydroxyl groups is 1. The Hall–Kier alpha value is -2.70. The highest BCUT2D eigenvalue weighted by Gasteiger charge is 2.60. The first-order chi connectivity index (χ1) is 13.8. The van der Waals surface area contributed by atoms with Crippen molar-refractivity contribution in [3.8, 4) is 11.1 Å². The zero-order chi connectivity index (χ0) is 20.8. The van der Waals surface area contributed by atoms with Crippen molar-refractivity contribution in [3.05, 3.63) is 59.9 Å². The lowest BCUT2D eigenvalue weighted by molar-refractivity contribution is 0.0961. The summed E-state index contributed by atoms with van der Waals surface area (Å²) in [5.41, 5.74) is 9.90. The Morgan fingerprint density at radius 2 is 2.10 bits per heavy atom. The number of nitrogens with one attached hydrogen (secondary N) is 1. The van der Waals surface area contributed by atoms with Crippen molar-refractivity contribution < 1.29 is 9.90 Å². The predicted octanol–water partition coefficient (Wildman–Crippen LogP) is 2.55. The molecule has 2 aromatic rings. The van der Waals surface area contributed by atoms with Crippen LogP contribution in [0.4, 0.5) is 5.82 Å². The van der Waals surface area contributed by atoms with E-state index in [1.807, 2.05) is 0 Å². The quantitative estimate of drug-likeness (QED) is 0.703. The van der Waals surface area contributed by atoms with Crippen LogP contribution in [0, 0.1) is 5.92 Å². The van der Waals surface area contributed by atoms with E-state index in [1.54, 1.807) is 12.3 Å². The Morgan fingerprint density at radius 3 is 2.72 bits per heavy atom. The normalized spacial score (nSPS) is 23.1. The number of likely N-dealkylation sites (tertiary alicyclic amines) is 1. The van der Waals surface area contributed by atoms with E-state index in [4.69, 9.17) is 10.8 Å². The van der Waals surface area contributed by atoms with Crippen LogP contribution in [0.5, 0.6) is 0 Å². The highest BCUT2D eigenvalue weighted by atomic mass is 16.3. The van der Waals surface area contributed by atoms with Gasteiger partial charge in [0.25, 0.3) is 5.91 Å². The molecule has 2 aliphatic rings. The minimum absolute atomic E-state index is 0.146. The van der Waals surface area contributed by atoms with E-state index in [0.29, 0.717) is 11.5 Å². The molecular weight excluding hydrogens is 364 g/mol. The van der Waals surface area contributed by atoms with Crippen LogP contribution in [-0.2, 0) is 5.41 Å². The number of nitrogen functional groups attached to an aromatic ring is 1. The predicted molar refractivity (Wildman–Crippen MR) is 114 cm³/mol. The number of piperidine rings is 1. The number of carbonyl (C=O) groups is 1. The van der Waals surface area contributed by atoms with E-state index in [2.05, 4.69) is 59.9 Å². The number of hydrogen-bond acceptors (Lipinski definition) is 5. The smallest absolute Gasteiger partial charge is 0.259 e. The SMILES string of the molecule is C=C(CO)NC(=O)c1cc(-c2ccc([C@]34C[C@H]3CN(C(C)C)C4)cc2)cnc1N. The fourth-order valence-corrected chi connectivity index (χ4v) is 4.44. The van der Waals surface area contributed by atoms with Gasteiger partial charge in [0, 0.05) is 42.0 Å². The molecule has 0 spiro atoms. The largest absolute Gasteiger partial charge is 0.390 e. The number of anilines is 1. The number of amides is 1. The number of carbonyl (C=O) groups excluding carboxylic acids is 1. The van der Waals surface area contributed by atoms with Crippen LogP contribution in [0.1, 0.15) is 36.2 Å². The van der Waals surface area contributed by atoms with E-state index < -0.39 is 5.91 Å². The van der Waals surface area contributed by atoms with Crippen LogP contribution in [-0.4, -0.2) is 46.6 Å². The highest BCUT2D eigenvalue weighted by molar-refractivity contribution is 6.00. The first-order valence-electron chi connectivity index (χ1n) is 10.0. The molecular formula is C23H28N4O2. The number of benzene rings is 1. The number of aromatic nitrogens is 1. The van der Waals surface area contributed by atoms with Crippen molar-refractivity contribution in [2.45, 2.75) is 31.7 Å². The Balaban J connectivity index is 1.55. The van der Waals surface area contributed by atoms with Crippen molar-refractivity contribution in [3.63, 3.8) is 0 Å². The van der Waals surface area contributed by atoms with Gasteiger partial charge >= 0.3 is 0 Å². The molecule has 0 radical (unpaired) electrons. The maximum Gasteiger partial charge on any atom is 0.259 e. The minimum atomic E-state index is -0.424. The molecule has 4 N–H and O–H groups in total. The molecule has 152 valence electrons. The Labute approximate surface area is 171 Å². The van der Waals surface area contributed by atoms with E-state index in [-0.39, 0.29) is 23.7 Å². The topological polar surface area (TPSA) is 91.5 Å². The molecule has 0 unspecified atom stereocenters. The molecule has 29 heavy (non-hydrogen) atoms. The van der Waals surface area contributed by atoms with Gasteiger partial charge in [-0.25, -0.2) is 4.98 Å². The van der Waals surface area contributed by atoms with Gasteiger partial charge in [-0.2, -0.15) is 0 Å². The number of fused-ring (bicyclic) bond motifs is 1. The molecule has 0 bridgehead atoms. The van der Waals surface area contributed by atoms with Crippen LogP contribution in [0.3, 0.4) is 0 Å². The number of aliphatic hydroxyl groups excluding tert-OH is 1. The molecule has 6 nitrogen and oxygen atoms in total. The average molecular weight is 393 g/mol. The fraction of sp³-hybridized carbons (Fsp3) is 0.391. The molecule has 1 saturated heterocycles. The zero-order valence-electron chi connectivity index (χ0n) is 17.0. The summed E-state index contributed by atoms with van der Waals surface area (Å²) in [6, 6.07) is 10.9. The van der Waals surface area contributed by atoms with Gasteiger partial charge in [-0.15, -0.1) is 0 Å². The van der Waals surface area contributed by atoms with Crippen molar-refractivity contribution in [1.29, 1.82) is 0 Å². The maximum atomic E-state index is 12.4. The second-order valence-electron chi connectivity index (χ2n) is 8.53. The Kier molecular flexibility index (Phi) is 4.92. The third kappa shape index (κ3) is 3.54. The molecule has 1 saturated carbocycles. The second-order valence-corrected chi connectivity index (χ2v) is 8.53. The molecule has 2 heterocycles. The maximum absolute atomic E-state index is 12.4. The van der Waals surface area contributed by atoms with Gasteiger partial charge in [-0.05, 0) is 43.4 Å². The van der Waals surface area contributed by atoms with Crippen molar-refractivity contribution >= 4 is 11.7 Å². The van der Waals surface area contributed by atoms with Gasteiger partial charge in [0.05, 0.1) is 12.2 Å². The molecule has 1 amide bonds. The van der Waals surface area contributed by atoms with Crippen LogP contribution < -0.4 is 11.1 Å². The van der Waals surface area contributed by atoms with E-state index in [0.717, 1.165) is 23.6 Å². The van der Waals surface area contributed by atoms with Crippen LogP contribution in [0.15, 0.2) is 48.8 Å². The summed E-state index contributed by atoms with van der Waals surface area (Å²) in [4.78, 5) is 19.1. The van der Waals surface area contributed by atoms with Crippen LogP contribution in [0.2, 0.25) is 0 Å². The molecule has 1 aromatic heterocycles. The molecule has 1 aliphatic heterocycles. The third-order valence-corrected chi connectivity index (χ3v) is 6.34. The summed E-state index contributed by atoms with van der Waals surface area (Å²) in [5, 5.41) is 11.6. The summed E-state index contributed by atoms with van der Waals surface area (Å²) in [5.74, 6) is 0.490. The number of pyridine rings is 1. The summed E-state index contributed by atoms with van der Waals surface area (Å²) in [6.45, 7) is 10.1. The van der Waals surface area contributed by atoms with Gasteiger partial charge in [0.1, 0.15) is 5.82 Å². The molecule has 6 heteroatoms. The lowest BCUT2D eigenvalue weighted by Crippen LogP contribution is -2.32. The van der Waals surface area contributed by atoms with Gasteiger partial charge in [-0.3, -0.25) is 9.69 Å². The monoisotopic (exact) mass is 392 g/mol. The Morgan fingerprint density at radius 1 is 1.38 bits per heavy atom. The first kappa shape index (κ1) is 19.6. The minimum Gasteiger partial charge on any atom is -0.390 e. The third-order valence-electron chi connectivity index (χ3n) is 6.34. The molecule has 2 atom stereocenters. The summed E-state index contributed by atoms with van der Waals surface area (Å²) < 4.78 is 0. The number of nitrogens with two attached hydrogens (primary N) is 1. The summed E-state index contributed by atoms with van der Waals surface area (Å²) in [6.07, 6.45) is 2.95. The van der Waals surface area contributed by atoms with E-state index >= 15 is 0 Å². The van der Waals surface area contributed by atoms with Gasteiger partial charge in [0.15, 0.2) is 0 Å². The molecule has 1 aliphatic carbocycles. The van der Waals surface area contributed by atoms with Crippen molar-refractivity contribution in [2.24, 2.45) is 5.92 Å². The molecule has 2 fully saturated rings. The lowest BCUT2D eigenvalue weighted by atomic mass is 9.93. The second kappa shape index (κ2) is 7.28. The number of nitrogens with zero attached hydrogens (tertiary/aromatic N) is 2. The highest BCUT2D eigenvalue weighted by Crippen LogP contribution is 2.59. The van der Waals surface area contributed by atoms with Crippen molar-refractivity contribution in [2.75, 3.05) is 25.4 Å². The van der Waals surface area contributed by atoms with Crippen molar-refractivity contribution in [1.82, 2.24) is 15.2 Å². The number of rotatable bonds is 6. The van der Waals surface area contributed by atoms with Gasteiger partial charge < -0.3 is 16.2 Å². The van der Waals surface area contributed by atoms with Crippen LogP contribution >= 0.6 is 0 Å². The van der Waals surface area contributed by atoms with Crippen LogP contribution in [0.25, 0.3) is 11.1 Å². The average Bonchev–Trinajstić information content (AvgIpc) is 3.29.